The van der Waals surface area contributed by atoms with Gasteiger partial charge in [-0.15, -0.1) is 11.3 Å². The van der Waals surface area contributed by atoms with Crippen molar-refractivity contribution >= 4 is 39.5 Å². The van der Waals surface area contributed by atoms with Gasteiger partial charge in [0.25, 0.3) is 0 Å². The van der Waals surface area contributed by atoms with Gasteiger partial charge in [-0.3, -0.25) is 9.28 Å². The van der Waals surface area contributed by atoms with Crippen molar-refractivity contribution in [2.45, 2.75) is 104 Å². The van der Waals surface area contributed by atoms with E-state index < -0.39 is 0 Å². The third kappa shape index (κ3) is 10.8. The van der Waals surface area contributed by atoms with Crippen LogP contribution in [0.15, 0.2) is 47.5 Å². The summed E-state index contributed by atoms with van der Waals surface area (Å²) in [7, 11) is 2.21. The van der Waals surface area contributed by atoms with Crippen LogP contribution in [0.3, 0.4) is 0 Å². The van der Waals surface area contributed by atoms with Gasteiger partial charge >= 0.3 is 5.97 Å². The molecule has 2 aliphatic heterocycles. The van der Waals surface area contributed by atoms with Crippen LogP contribution >= 0.6 is 11.3 Å². The summed E-state index contributed by atoms with van der Waals surface area (Å²) in [6, 6.07) is 10.5. The van der Waals surface area contributed by atoms with Crippen molar-refractivity contribution in [3.8, 4) is 0 Å². The average molecular weight is 608 g/mol. The minimum absolute atomic E-state index is 0.0476. The first-order valence-electron chi connectivity index (χ1n) is 16.9. The number of quaternary nitrogens is 1. The van der Waals surface area contributed by atoms with Crippen molar-refractivity contribution in [3.05, 3.63) is 52.9 Å². The number of nitrogens with zero attached hydrogens (tertiary/aromatic N) is 3. The van der Waals surface area contributed by atoms with Crippen LogP contribution in [0, 0.1) is 6.92 Å². The maximum Gasteiger partial charge on any atom is 0.310 e. The monoisotopic (exact) mass is 607 g/mol. The number of thiophene rings is 1. The summed E-state index contributed by atoms with van der Waals surface area (Å²) in [5.74, 6) is 0.998. The van der Waals surface area contributed by atoms with E-state index in [1.807, 2.05) is 6.07 Å². The molecular formula is C36H55N4O2S+. The van der Waals surface area contributed by atoms with Gasteiger partial charge in [-0.25, -0.2) is 4.99 Å². The molecule has 0 amide bonds. The summed E-state index contributed by atoms with van der Waals surface area (Å²) < 4.78 is 6.53. The van der Waals surface area contributed by atoms with Crippen molar-refractivity contribution in [2.24, 2.45) is 4.99 Å². The Bertz CT molecular complexity index is 1200. The van der Waals surface area contributed by atoms with Crippen molar-refractivity contribution in [1.82, 2.24) is 4.90 Å². The molecule has 1 fully saturated rings. The zero-order valence-electron chi connectivity index (χ0n) is 27.0. The molecule has 1 aromatic heterocycles. The zero-order chi connectivity index (χ0) is 30.3. The molecule has 0 atom stereocenters. The van der Waals surface area contributed by atoms with E-state index in [9.17, 15) is 4.79 Å². The second kappa shape index (κ2) is 17.6. The van der Waals surface area contributed by atoms with E-state index in [1.165, 1.54) is 81.1 Å². The number of allylic oxidation sites excluding steroid dienone is 2. The number of ether oxygens (including phenoxy) is 1. The highest BCUT2D eigenvalue weighted by atomic mass is 32.1. The molecule has 0 bridgehead atoms. The topological polar surface area (TPSA) is 53.9 Å². The lowest BCUT2D eigenvalue weighted by Gasteiger charge is -2.42. The molecule has 0 unspecified atom stereocenters. The summed E-state index contributed by atoms with van der Waals surface area (Å²) in [5.41, 5.74) is 3.21. The molecule has 4 rings (SSSR count). The molecule has 1 saturated heterocycles. The van der Waals surface area contributed by atoms with E-state index in [0.717, 1.165) is 65.7 Å². The number of amidine groups is 1. The van der Waals surface area contributed by atoms with E-state index >= 15 is 0 Å². The van der Waals surface area contributed by atoms with Crippen LogP contribution < -0.4 is 5.32 Å². The van der Waals surface area contributed by atoms with Gasteiger partial charge in [-0.1, -0.05) is 82.6 Å². The number of hydrogen-bond acceptors (Lipinski definition) is 6. The largest absolute Gasteiger partial charge is 0.415 e. The Morgan fingerprint density at radius 1 is 0.977 bits per heavy atom. The van der Waals surface area contributed by atoms with Gasteiger partial charge < -0.3 is 15.0 Å². The van der Waals surface area contributed by atoms with Crippen molar-refractivity contribution < 1.29 is 14.0 Å². The molecule has 1 N–H and O–H groups in total. The summed E-state index contributed by atoms with van der Waals surface area (Å²) in [6.45, 7) is 8.50. The van der Waals surface area contributed by atoms with Gasteiger partial charge in [0.1, 0.15) is 10.8 Å². The van der Waals surface area contributed by atoms with Crippen molar-refractivity contribution in [3.63, 3.8) is 0 Å². The zero-order valence-corrected chi connectivity index (χ0v) is 27.9. The van der Waals surface area contributed by atoms with Crippen LogP contribution in [-0.2, 0) is 9.53 Å². The Morgan fingerprint density at radius 2 is 1.63 bits per heavy atom. The summed E-state index contributed by atoms with van der Waals surface area (Å²) in [4.78, 5) is 21.3. The number of esters is 1. The van der Waals surface area contributed by atoms with Crippen LogP contribution in [0.4, 0.5) is 16.4 Å². The summed E-state index contributed by atoms with van der Waals surface area (Å²) >= 11 is 1.78. The first-order valence-corrected chi connectivity index (χ1v) is 17.7. The summed E-state index contributed by atoms with van der Waals surface area (Å²) in [6.07, 6.45) is 21.7. The molecule has 2 aromatic rings. The third-order valence-electron chi connectivity index (χ3n) is 8.77. The predicted octanol–water partition coefficient (Wildman–Crippen LogP) is 9.49. The van der Waals surface area contributed by atoms with E-state index in [2.05, 4.69) is 67.5 Å². The Balaban J connectivity index is 1.08. The average Bonchev–Trinajstić information content (AvgIpc) is 3.30. The number of benzene rings is 1. The van der Waals surface area contributed by atoms with Gasteiger partial charge in [0.15, 0.2) is 0 Å². The molecule has 1 aromatic carbocycles. The third-order valence-corrected chi connectivity index (χ3v) is 9.74. The Kier molecular flexibility index (Phi) is 13.6. The standard InChI is InChI=1S/C36H55N4O2S/c1-4-5-6-7-8-9-10-11-12-13-14-15-16-17-18-23-34(41)42-29-40(3)26-24-39(25-27-40)35-31-28-30(2)43-36(31)38-33-22-20-19-21-32(33)37-35/h11-12,19-22,28,38H,4-10,13-18,23-27,29H2,1-3H3/q+1/b12-11-. The van der Waals surface area contributed by atoms with Gasteiger partial charge in [-0.2, -0.15) is 0 Å². The minimum atomic E-state index is -0.0476. The number of carbonyl (C=O) groups excluding carboxylic acids is 1. The highest BCUT2D eigenvalue weighted by molar-refractivity contribution is 7.16. The number of aryl methyl sites for hydroxylation is 1. The van der Waals surface area contributed by atoms with Crippen LogP contribution in [0.25, 0.3) is 0 Å². The molecule has 0 saturated carbocycles. The highest BCUT2D eigenvalue weighted by Crippen LogP contribution is 2.39. The number of piperazine rings is 1. The van der Waals surface area contributed by atoms with Crippen LogP contribution in [0.1, 0.15) is 107 Å². The fourth-order valence-corrected chi connectivity index (χ4v) is 6.84. The Hall–Kier alpha value is -2.64. The second-order valence-electron chi connectivity index (χ2n) is 12.7. The molecule has 2 aliphatic rings. The number of para-hydroxylation sites is 2. The number of anilines is 2. The number of fused-ring (bicyclic) bond motifs is 2. The first-order chi connectivity index (χ1) is 21.0. The molecule has 0 aliphatic carbocycles. The maximum atomic E-state index is 12.5. The number of unbranched alkanes of at least 4 members (excludes halogenated alkanes) is 11. The van der Waals surface area contributed by atoms with Crippen LogP contribution in [-0.4, -0.2) is 61.1 Å². The smallest absolute Gasteiger partial charge is 0.310 e. The molecule has 236 valence electrons. The van der Waals surface area contributed by atoms with Crippen LogP contribution in [0.5, 0.6) is 0 Å². The van der Waals surface area contributed by atoms with Crippen molar-refractivity contribution in [1.29, 1.82) is 0 Å². The lowest BCUT2D eigenvalue weighted by atomic mass is 10.1. The second-order valence-corrected chi connectivity index (χ2v) is 14.0. The molecule has 7 heteroatoms. The number of aliphatic imine (C=N–C) groups is 1. The first kappa shape index (κ1) is 33.3. The van der Waals surface area contributed by atoms with E-state index in [0.29, 0.717) is 13.2 Å². The Labute approximate surface area is 264 Å². The lowest BCUT2D eigenvalue weighted by molar-refractivity contribution is -0.929. The van der Waals surface area contributed by atoms with E-state index in [1.54, 1.807) is 11.3 Å². The summed E-state index contributed by atoms with van der Waals surface area (Å²) in [5, 5.41) is 4.76. The SMILES string of the molecule is CCCCCCCC/C=C\CCCCCCCC(=O)OC[N+]1(C)CCN(C2=Nc3ccccc3Nc3sc(C)cc32)CC1. The number of likely N-dealkylation sites (N-methyl/N-ethyl adjacent to an activating group) is 1. The Morgan fingerprint density at radius 3 is 2.35 bits per heavy atom. The lowest BCUT2D eigenvalue weighted by Crippen LogP contribution is -2.59. The normalized spacial score (nSPS) is 15.9. The highest BCUT2D eigenvalue weighted by Gasteiger charge is 2.33. The predicted molar refractivity (Wildman–Crippen MR) is 183 cm³/mol. The number of rotatable bonds is 17. The molecular weight excluding hydrogens is 552 g/mol. The fraction of sp³-hybridized carbons (Fsp3) is 0.611. The number of nitrogens with one attached hydrogen (secondary N) is 1. The molecule has 0 radical (unpaired) electrons. The van der Waals surface area contributed by atoms with Crippen LogP contribution in [0.2, 0.25) is 0 Å². The van der Waals surface area contributed by atoms with Gasteiger partial charge in [0, 0.05) is 11.3 Å². The minimum Gasteiger partial charge on any atom is -0.415 e. The number of carbonyl (C=O) groups is 1. The van der Waals surface area contributed by atoms with E-state index in [4.69, 9.17) is 9.73 Å². The van der Waals surface area contributed by atoms with Crippen molar-refractivity contribution in [2.75, 3.05) is 45.3 Å². The molecule has 6 nitrogen and oxygen atoms in total. The van der Waals surface area contributed by atoms with E-state index in [-0.39, 0.29) is 5.97 Å². The van der Waals surface area contributed by atoms with Gasteiger partial charge in [0.2, 0.25) is 6.73 Å². The quantitative estimate of drug-likeness (QED) is 0.0842. The molecule has 43 heavy (non-hydrogen) atoms. The van der Waals surface area contributed by atoms with Gasteiger partial charge in [-0.05, 0) is 57.2 Å². The molecule has 3 heterocycles. The maximum absolute atomic E-state index is 12.5. The molecule has 0 spiro atoms. The van der Waals surface area contributed by atoms with Gasteiger partial charge in [0.05, 0.1) is 50.2 Å². The number of hydrogen-bond donors (Lipinski definition) is 1. The fourth-order valence-electron chi connectivity index (χ4n) is 5.92.